The summed E-state index contributed by atoms with van der Waals surface area (Å²) in [7, 11) is 1.25. The highest BCUT2D eigenvalue weighted by Crippen LogP contribution is 2.46. The largest absolute Gasteiger partial charge is 0.480 e. The lowest BCUT2D eigenvalue weighted by Crippen LogP contribution is -2.52. The molecule has 5 nitrogen and oxygen atoms in total. The van der Waals surface area contributed by atoms with Crippen LogP contribution in [0.2, 0.25) is 0 Å². The summed E-state index contributed by atoms with van der Waals surface area (Å²) in [5.41, 5.74) is -1.71. The van der Waals surface area contributed by atoms with Crippen LogP contribution in [0.3, 0.4) is 0 Å². The molecule has 0 aromatic rings. The van der Waals surface area contributed by atoms with Crippen LogP contribution in [0, 0.1) is 11.3 Å². The molecular formula is C14H22O5S. The first-order chi connectivity index (χ1) is 9.44. The van der Waals surface area contributed by atoms with Gasteiger partial charge in [0.1, 0.15) is 0 Å². The molecule has 6 heteroatoms. The molecular weight excluding hydrogens is 280 g/mol. The van der Waals surface area contributed by atoms with Gasteiger partial charge in [-0.25, -0.2) is 0 Å². The van der Waals surface area contributed by atoms with Crippen molar-refractivity contribution in [3.63, 3.8) is 0 Å². The van der Waals surface area contributed by atoms with E-state index in [0.717, 1.165) is 24.3 Å². The highest BCUT2D eigenvalue weighted by atomic mass is 32.2. The number of hydrogen-bond acceptors (Lipinski definition) is 5. The zero-order valence-corrected chi connectivity index (χ0v) is 12.8. The standard InChI is InChI=1S/C14H22O5S/c1-13(11(15)16,12(17)18-2)10-3-6-19-14(9-10)4-7-20-8-5-14/h10H,3-9H2,1-2H3,(H,15,16). The molecule has 0 amide bonds. The van der Waals surface area contributed by atoms with E-state index in [2.05, 4.69) is 0 Å². The van der Waals surface area contributed by atoms with Crippen LogP contribution in [0.5, 0.6) is 0 Å². The SMILES string of the molecule is COC(=O)C(C)(C(=O)O)C1CCOC2(CCSCC2)C1. The molecule has 0 saturated carbocycles. The predicted molar refractivity (Wildman–Crippen MR) is 75.7 cm³/mol. The number of carboxylic acid groups (broad SMARTS) is 1. The van der Waals surface area contributed by atoms with E-state index in [-0.39, 0.29) is 11.5 Å². The van der Waals surface area contributed by atoms with Crippen LogP contribution in [0.15, 0.2) is 0 Å². The van der Waals surface area contributed by atoms with Gasteiger partial charge in [-0.1, -0.05) is 0 Å². The number of methoxy groups -OCH3 is 1. The zero-order chi connectivity index (χ0) is 14.8. The summed E-state index contributed by atoms with van der Waals surface area (Å²) in [5, 5.41) is 9.53. The number of carbonyl (C=O) groups excluding carboxylic acids is 1. The summed E-state index contributed by atoms with van der Waals surface area (Å²) in [6, 6.07) is 0. The van der Waals surface area contributed by atoms with E-state index < -0.39 is 17.4 Å². The second-order valence-electron chi connectivity index (χ2n) is 5.83. The van der Waals surface area contributed by atoms with E-state index in [4.69, 9.17) is 9.47 Å². The van der Waals surface area contributed by atoms with Gasteiger partial charge in [-0.3, -0.25) is 9.59 Å². The van der Waals surface area contributed by atoms with Gasteiger partial charge in [-0.15, -0.1) is 0 Å². The lowest BCUT2D eigenvalue weighted by molar-refractivity contribution is -0.179. The second kappa shape index (κ2) is 5.93. The molecule has 0 aliphatic carbocycles. The van der Waals surface area contributed by atoms with Gasteiger partial charge in [-0.05, 0) is 50.0 Å². The third-order valence-electron chi connectivity index (χ3n) is 4.77. The number of carboxylic acids is 1. The molecule has 2 atom stereocenters. The van der Waals surface area contributed by atoms with Gasteiger partial charge < -0.3 is 14.6 Å². The van der Waals surface area contributed by atoms with Crippen LogP contribution in [0.25, 0.3) is 0 Å². The molecule has 1 spiro atoms. The fourth-order valence-corrected chi connectivity index (χ4v) is 4.49. The number of carbonyl (C=O) groups is 2. The van der Waals surface area contributed by atoms with E-state index in [9.17, 15) is 14.7 Å². The third-order valence-corrected chi connectivity index (χ3v) is 5.75. The van der Waals surface area contributed by atoms with Crippen molar-refractivity contribution in [2.75, 3.05) is 25.2 Å². The van der Waals surface area contributed by atoms with Crippen LogP contribution in [0.4, 0.5) is 0 Å². The molecule has 2 fully saturated rings. The van der Waals surface area contributed by atoms with Gasteiger partial charge in [0.05, 0.1) is 12.7 Å². The Hall–Kier alpha value is -0.750. The molecule has 0 radical (unpaired) electrons. The van der Waals surface area contributed by atoms with Crippen LogP contribution in [-0.2, 0) is 19.1 Å². The summed E-state index contributed by atoms with van der Waals surface area (Å²) < 4.78 is 10.7. The first-order valence-electron chi connectivity index (χ1n) is 6.98. The van der Waals surface area contributed by atoms with E-state index >= 15 is 0 Å². The molecule has 2 aliphatic rings. The molecule has 20 heavy (non-hydrogen) atoms. The van der Waals surface area contributed by atoms with Crippen molar-refractivity contribution in [3.05, 3.63) is 0 Å². The number of rotatable bonds is 3. The number of aliphatic carboxylic acids is 1. The van der Waals surface area contributed by atoms with Crippen molar-refractivity contribution < 1.29 is 24.2 Å². The Balaban J connectivity index is 2.21. The molecule has 0 aromatic heterocycles. The number of hydrogen-bond donors (Lipinski definition) is 1. The highest BCUT2D eigenvalue weighted by Gasteiger charge is 2.53. The summed E-state index contributed by atoms with van der Waals surface area (Å²) in [4.78, 5) is 23.6. The van der Waals surface area contributed by atoms with Gasteiger partial charge in [0.2, 0.25) is 0 Å². The van der Waals surface area contributed by atoms with Crippen molar-refractivity contribution in [1.82, 2.24) is 0 Å². The average Bonchev–Trinajstić information content (AvgIpc) is 2.46. The van der Waals surface area contributed by atoms with Crippen molar-refractivity contribution in [2.45, 2.75) is 38.2 Å². The molecule has 2 unspecified atom stereocenters. The maximum atomic E-state index is 12.0. The maximum absolute atomic E-state index is 12.0. The van der Waals surface area contributed by atoms with Crippen LogP contribution >= 0.6 is 11.8 Å². The van der Waals surface area contributed by atoms with Crippen LogP contribution < -0.4 is 0 Å². The van der Waals surface area contributed by atoms with Crippen molar-refractivity contribution in [1.29, 1.82) is 0 Å². The molecule has 114 valence electrons. The first-order valence-corrected chi connectivity index (χ1v) is 8.13. The Labute approximate surface area is 123 Å². The van der Waals surface area contributed by atoms with Crippen molar-refractivity contribution in [2.24, 2.45) is 11.3 Å². The van der Waals surface area contributed by atoms with E-state index in [1.807, 2.05) is 11.8 Å². The van der Waals surface area contributed by atoms with Gasteiger partial charge in [0.15, 0.2) is 5.41 Å². The Morgan fingerprint density at radius 1 is 1.40 bits per heavy atom. The number of esters is 1. The number of thioether (sulfide) groups is 1. The van der Waals surface area contributed by atoms with E-state index in [0.29, 0.717) is 19.4 Å². The summed E-state index contributed by atoms with van der Waals surface area (Å²) >= 11 is 1.90. The van der Waals surface area contributed by atoms with Crippen molar-refractivity contribution >= 4 is 23.7 Å². The molecule has 2 aliphatic heterocycles. The predicted octanol–water partition coefficient (Wildman–Crippen LogP) is 1.94. The summed E-state index contributed by atoms with van der Waals surface area (Å²) in [6.45, 7) is 2.01. The Bertz CT molecular complexity index is 386. The lowest BCUT2D eigenvalue weighted by atomic mass is 9.68. The quantitative estimate of drug-likeness (QED) is 0.634. The van der Waals surface area contributed by atoms with Gasteiger partial charge in [-0.2, -0.15) is 11.8 Å². The minimum absolute atomic E-state index is 0.232. The number of ether oxygens (including phenoxy) is 2. The Morgan fingerprint density at radius 3 is 2.60 bits per heavy atom. The van der Waals surface area contributed by atoms with Gasteiger partial charge in [0.25, 0.3) is 0 Å². The minimum atomic E-state index is -1.48. The zero-order valence-electron chi connectivity index (χ0n) is 12.0. The van der Waals surface area contributed by atoms with Gasteiger partial charge in [0, 0.05) is 6.61 Å². The topological polar surface area (TPSA) is 72.8 Å². The summed E-state index contributed by atoms with van der Waals surface area (Å²) in [6.07, 6.45) is 3.09. The summed E-state index contributed by atoms with van der Waals surface area (Å²) in [5.74, 6) is 0.0850. The molecule has 0 aromatic carbocycles. The average molecular weight is 302 g/mol. The monoisotopic (exact) mass is 302 g/mol. The first kappa shape index (κ1) is 15.6. The van der Waals surface area contributed by atoms with E-state index in [1.165, 1.54) is 14.0 Å². The minimum Gasteiger partial charge on any atom is -0.480 e. The smallest absolute Gasteiger partial charge is 0.323 e. The van der Waals surface area contributed by atoms with Crippen LogP contribution in [-0.4, -0.2) is 47.9 Å². The molecule has 1 N–H and O–H groups in total. The van der Waals surface area contributed by atoms with Gasteiger partial charge >= 0.3 is 11.9 Å². The fraction of sp³-hybridized carbons (Fsp3) is 0.857. The maximum Gasteiger partial charge on any atom is 0.323 e. The fourth-order valence-electron chi connectivity index (χ4n) is 3.25. The van der Waals surface area contributed by atoms with Crippen molar-refractivity contribution in [3.8, 4) is 0 Å². The Morgan fingerprint density at radius 2 is 2.05 bits per heavy atom. The molecule has 2 heterocycles. The highest BCUT2D eigenvalue weighted by molar-refractivity contribution is 7.99. The normalized spacial score (nSPS) is 28.6. The van der Waals surface area contributed by atoms with E-state index in [1.54, 1.807) is 0 Å². The second-order valence-corrected chi connectivity index (χ2v) is 7.06. The third kappa shape index (κ3) is 2.68. The molecule has 0 bridgehead atoms. The van der Waals surface area contributed by atoms with Crippen LogP contribution in [0.1, 0.15) is 32.6 Å². The lowest BCUT2D eigenvalue weighted by Gasteiger charge is -2.46. The Kier molecular flexibility index (Phi) is 4.64. The molecule has 2 rings (SSSR count). The molecule has 2 saturated heterocycles.